The summed E-state index contributed by atoms with van der Waals surface area (Å²) in [5.74, 6) is 0.461. The second kappa shape index (κ2) is 7.14. The zero-order valence-corrected chi connectivity index (χ0v) is 15.8. The molecule has 2 saturated heterocycles. The first-order valence-electron chi connectivity index (χ1n) is 8.55. The summed E-state index contributed by atoms with van der Waals surface area (Å²) in [4.78, 5) is 8.32. The van der Waals surface area contributed by atoms with Crippen LogP contribution < -0.4 is 4.74 Å². The monoisotopic (exact) mass is 370 g/mol. The molecular weight excluding hydrogens is 344 g/mol. The normalized spacial score (nSPS) is 23.6. The van der Waals surface area contributed by atoms with Crippen molar-refractivity contribution in [3.63, 3.8) is 0 Å². The van der Waals surface area contributed by atoms with Crippen LogP contribution in [-0.4, -0.2) is 73.0 Å². The Balaban J connectivity index is 1.48. The molecule has 9 heteroatoms. The van der Waals surface area contributed by atoms with Crippen molar-refractivity contribution in [3.05, 3.63) is 18.0 Å². The van der Waals surface area contributed by atoms with Crippen LogP contribution >= 0.6 is 0 Å². The maximum atomic E-state index is 12.1. The summed E-state index contributed by atoms with van der Waals surface area (Å²) in [7, 11) is -0.242. The number of hydrogen-bond donors (Lipinski definition) is 0. The van der Waals surface area contributed by atoms with Gasteiger partial charge in [0.05, 0.1) is 12.2 Å². The van der Waals surface area contributed by atoms with Gasteiger partial charge in [-0.15, -0.1) is 0 Å². The smallest absolute Gasteiger partial charge is 0.316 e. The number of aromatic nitrogens is 2. The van der Waals surface area contributed by atoms with Crippen LogP contribution in [0.25, 0.3) is 0 Å². The lowest BCUT2D eigenvalue weighted by atomic mass is 9.80. The SMILES string of the molecule is Cc1ccnc(OCCC2CCOC3(C2)CN(S(=O)(=O)N(C)C)C3)n1. The van der Waals surface area contributed by atoms with Gasteiger partial charge in [-0.05, 0) is 38.2 Å². The fourth-order valence-electron chi connectivity index (χ4n) is 3.40. The second-order valence-electron chi connectivity index (χ2n) is 7.07. The third-order valence-electron chi connectivity index (χ3n) is 4.84. The largest absolute Gasteiger partial charge is 0.463 e. The molecule has 25 heavy (non-hydrogen) atoms. The average molecular weight is 370 g/mol. The molecule has 1 aromatic rings. The Morgan fingerprint density at radius 3 is 2.88 bits per heavy atom. The Labute approximate surface area is 149 Å². The van der Waals surface area contributed by atoms with Gasteiger partial charge in [0.2, 0.25) is 0 Å². The van der Waals surface area contributed by atoms with Gasteiger partial charge < -0.3 is 9.47 Å². The van der Waals surface area contributed by atoms with E-state index in [4.69, 9.17) is 9.47 Å². The van der Waals surface area contributed by atoms with E-state index in [1.807, 2.05) is 13.0 Å². The predicted octanol–water partition coefficient (Wildman–Crippen LogP) is 0.841. The predicted molar refractivity (Wildman–Crippen MR) is 92.5 cm³/mol. The third kappa shape index (κ3) is 4.11. The Hall–Kier alpha value is -1.29. The summed E-state index contributed by atoms with van der Waals surface area (Å²) in [5.41, 5.74) is 0.554. The van der Waals surface area contributed by atoms with Gasteiger partial charge in [0, 0.05) is 45.7 Å². The van der Waals surface area contributed by atoms with Gasteiger partial charge >= 0.3 is 6.01 Å². The van der Waals surface area contributed by atoms with Gasteiger partial charge in [-0.3, -0.25) is 0 Å². The lowest BCUT2D eigenvalue weighted by Crippen LogP contribution is -2.67. The molecular formula is C16H26N4O4S. The highest BCUT2D eigenvalue weighted by Crippen LogP contribution is 2.39. The van der Waals surface area contributed by atoms with Crippen molar-refractivity contribution in [1.82, 2.24) is 18.6 Å². The van der Waals surface area contributed by atoms with E-state index in [2.05, 4.69) is 9.97 Å². The van der Waals surface area contributed by atoms with E-state index in [-0.39, 0.29) is 5.60 Å². The van der Waals surface area contributed by atoms with E-state index < -0.39 is 10.2 Å². The fraction of sp³-hybridized carbons (Fsp3) is 0.750. The molecule has 0 saturated carbocycles. The molecule has 1 atom stereocenters. The van der Waals surface area contributed by atoms with Crippen LogP contribution in [0.4, 0.5) is 0 Å². The Kier molecular flexibility index (Phi) is 5.29. The van der Waals surface area contributed by atoms with Crippen LogP contribution in [0.1, 0.15) is 25.0 Å². The van der Waals surface area contributed by atoms with Gasteiger partial charge in [-0.1, -0.05) is 0 Å². The summed E-state index contributed by atoms with van der Waals surface area (Å²) in [6, 6.07) is 2.24. The molecule has 0 bridgehead atoms. The molecule has 1 aromatic heterocycles. The lowest BCUT2D eigenvalue weighted by molar-refractivity contribution is -0.157. The van der Waals surface area contributed by atoms with Crippen LogP contribution in [0, 0.1) is 12.8 Å². The van der Waals surface area contributed by atoms with Gasteiger partial charge in [-0.2, -0.15) is 17.0 Å². The molecule has 0 aromatic carbocycles. The van der Waals surface area contributed by atoms with E-state index >= 15 is 0 Å². The third-order valence-corrected chi connectivity index (χ3v) is 6.68. The summed E-state index contributed by atoms with van der Waals surface area (Å²) < 4.78 is 38.6. The summed E-state index contributed by atoms with van der Waals surface area (Å²) in [6.45, 7) is 4.00. The minimum absolute atomic E-state index is 0.328. The minimum atomic E-state index is -3.34. The number of rotatable bonds is 6. The first-order chi connectivity index (χ1) is 11.8. The average Bonchev–Trinajstić information content (AvgIpc) is 2.52. The first-order valence-corrected chi connectivity index (χ1v) is 9.94. The second-order valence-corrected chi connectivity index (χ2v) is 9.21. The Morgan fingerprint density at radius 2 is 2.20 bits per heavy atom. The van der Waals surface area contributed by atoms with E-state index in [9.17, 15) is 8.42 Å². The maximum absolute atomic E-state index is 12.1. The fourth-order valence-corrected chi connectivity index (χ4v) is 4.66. The van der Waals surface area contributed by atoms with E-state index in [0.29, 0.717) is 38.2 Å². The minimum Gasteiger partial charge on any atom is -0.463 e. The molecule has 1 unspecified atom stereocenters. The molecule has 1 spiro atoms. The van der Waals surface area contributed by atoms with Crippen LogP contribution in [-0.2, 0) is 14.9 Å². The topological polar surface area (TPSA) is 84.9 Å². The number of ether oxygens (including phenoxy) is 2. The zero-order chi connectivity index (χ0) is 18.1. The molecule has 3 rings (SSSR count). The molecule has 2 aliphatic heterocycles. The summed E-state index contributed by atoms with van der Waals surface area (Å²) >= 11 is 0. The Bertz CT molecular complexity index is 704. The van der Waals surface area contributed by atoms with E-state index in [0.717, 1.165) is 25.0 Å². The molecule has 8 nitrogen and oxygen atoms in total. The molecule has 0 N–H and O–H groups in total. The Morgan fingerprint density at radius 1 is 1.44 bits per heavy atom. The van der Waals surface area contributed by atoms with Gasteiger partial charge in [0.1, 0.15) is 0 Å². The molecule has 0 aliphatic carbocycles. The van der Waals surface area contributed by atoms with Crippen LogP contribution in [0.15, 0.2) is 12.3 Å². The molecule has 2 fully saturated rings. The quantitative estimate of drug-likeness (QED) is 0.738. The van der Waals surface area contributed by atoms with Crippen molar-refractivity contribution in [3.8, 4) is 6.01 Å². The van der Waals surface area contributed by atoms with Gasteiger partial charge in [0.25, 0.3) is 10.2 Å². The van der Waals surface area contributed by atoms with Crippen molar-refractivity contribution < 1.29 is 17.9 Å². The number of hydrogen-bond acceptors (Lipinski definition) is 6. The summed E-state index contributed by atoms with van der Waals surface area (Å²) in [5, 5.41) is 0. The number of aryl methyl sites for hydroxylation is 1. The highest BCUT2D eigenvalue weighted by molar-refractivity contribution is 7.86. The highest BCUT2D eigenvalue weighted by Gasteiger charge is 2.51. The summed E-state index contributed by atoms with van der Waals surface area (Å²) in [6.07, 6.45) is 4.42. The van der Waals surface area contributed by atoms with Gasteiger partial charge in [-0.25, -0.2) is 9.97 Å². The van der Waals surface area contributed by atoms with Crippen molar-refractivity contribution in [1.29, 1.82) is 0 Å². The van der Waals surface area contributed by atoms with Crippen molar-refractivity contribution in [2.75, 3.05) is 40.4 Å². The van der Waals surface area contributed by atoms with Crippen molar-refractivity contribution in [2.24, 2.45) is 5.92 Å². The molecule has 2 aliphatic rings. The van der Waals surface area contributed by atoms with Crippen molar-refractivity contribution >= 4 is 10.2 Å². The van der Waals surface area contributed by atoms with E-state index in [1.54, 1.807) is 20.3 Å². The first kappa shape index (κ1) is 18.5. The van der Waals surface area contributed by atoms with Crippen LogP contribution in [0.2, 0.25) is 0 Å². The van der Waals surface area contributed by atoms with E-state index in [1.165, 1.54) is 8.61 Å². The molecule has 3 heterocycles. The lowest BCUT2D eigenvalue weighted by Gasteiger charge is -2.52. The molecule has 140 valence electrons. The molecule has 0 amide bonds. The maximum Gasteiger partial charge on any atom is 0.316 e. The molecule has 0 radical (unpaired) electrons. The van der Waals surface area contributed by atoms with Gasteiger partial charge in [0.15, 0.2) is 0 Å². The van der Waals surface area contributed by atoms with Crippen molar-refractivity contribution in [2.45, 2.75) is 31.8 Å². The zero-order valence-electron chi connectivity index (χ0n) is 15.0. The number of nitrogens with zero attached hydrogens (tertiary/aromatic N) is 4. The standard InChI is InChI=1S/C16H26N4O4S/c1-13-4-7-17-15(18-13)23-8-5-14-6-9-24-16(10-14)11-20(12-16)25(21,22)19(2)3/h4,7,14H,5-6,8-12H2,1-3H3. The highest BCUT2D eigenvalue weighted by atomic mass is 32.2. The van der Waals surface area contributed by atoms with Crippen LogP contribution in [0.5, 0.6) is 6.01 Å². The van der Waals surface area contributed by atoms with Crippen LogP contribution in [0.3, 0.4) is 0 Å².